The zero-order chi connectivity index (χ0) is 17.1. The summed E-state index contributed by atoms with van der Waals surface area (Å²) in [5.74, 6) is 0. The number of nitrogens with two attached hydrogens (primary N) is 1. The lowest BCUT2D eigenvalue weighted by Gasteiger charge is -2.47. The van der Waals surface area contributed by atoms with Crippen LogP contribution in [0.1, 0.15) is 71.4 Å². The summed E-state index contributed by atoms with van der Waals surface area (Å²) >= 11 is 0. The van der Waals surface area contributed by atoms with Crippen LogP contribution in [0.3, 0.4) is 0 Å². The highest BCUT2D eigenvalue weighted by atomic mass is 14.8. The van der Waals surface area contributed by atoms with Crippen LogP contribution in [-0.4, -0.2) is 5.54 Å². The molecule has 0 spiro atoms. The third-order valence-electron chi connectivity index (χ3n) is 5.82. The average molecular weight is 312 g/mol. The van der Waals surface area contributed by atoms with Crippen molar-refractivity contribution in [1.82, 2.24) is 0 Å². The van der Waals surface area contributed by atoms with Crippen molar-refractivity contribution < 1.29 is 0 Å². The third kappa shape index (κ3) is 3.17. The molecule has 1 aliphatic carbocycles. The molecule has 0 fully saturated rings. The number of rotatable bonds is 5. The van der Waals surface area contributed by atoms with E-state index in [4.69, 9.17) is 5.73 Å². The lowest BCUT2D eigenvalue weighted by atomic mass is 9.59. The van der Waals surface area contributed by atoms with Crippen molar-refractivity contribution in [2.24, 2.45) is 11.1 Å². The van der Waals surface area contributed by atoms with Gasteiger partial charge in [0.2, 0.25) is 0 Å². The van der Waals surface area contributed by atoms with Crippen molar-refractivity contribution in [3.63, 3.8) is 0 Å². The van der Waals surface area contributed by atoms with Crippen LogP contribution in [0.2, 0.25) is 0 Å². The molecular weight excluding hydrogens is 278 g/mol. The summed E-state index contributed by atoms with van der Waals surface area (Å²) in [4.78, 5) is 0. The molecule has 1 aromatic carbocycles. The van der Waals surface area contributed by atoms with Gasteiger partial charge in [-0.15, -0.1) is 0 Å². The van der Waals surface area contributed by atoms with Crippen LogP contribution in [0, 0.1) is 5.41 Å². The van der Waals surface area contributed by atoms with E-state index in [0.717, 1.165) is 32.1 Å². The van der Waals surface area contributed by atoms with E-state index < -0.39 is 0 Å². The first-order valence-corrected chi connectivity index (χ1v) is 9.25. The predicted molar refractivity (Wildman–Crippen MR) is 102 cm³/mol. The molecule has 0 heterocycles. The lowest BCUT2D eigenvalue weighted by Crippen LogP contribution is -2.48. The number of benzene rings is 1. The first-order chi connectivity index (χ1) is 10.9. The molecule has 0 bridgehead atoms. The van der Waals surface area contributed by atoms with Crippen LogP contribution in [0.4, 0.5) is 0 Å². The van der Waals surface area contributed by atoms with E-state index in [2.05, 4.69) is 71.0 Å². The van der Waals surface area contributed by atoms with Gasteiger partial charge in [-0.05, 0) is 66.7 Å². The Hall–Kier alpha value is -1.34. The van der Waals surface area contributed by atoms with Crippen molar-refractivity contribution in [2.75, 3.05) is 0 Å². The van der Waals surface area contributed by atoms with Crippen LogP contribution >= 0.6 is 0 Å². The molecule has 0 amide bonds. The van der Waals surface area contributed by atoms with E-state index in [1.807, 2.05) is 0 Å². The molecule has 0 saturated heterocycles. The summed E-state index contributed by atoms with van der Waals surface area (Å²) in [6, 6.07) is 8.95. The van der Waals surface area contributed by atoms with Gasteiger partial charge >= 0.3 is 0 Å². The number of allylic oxidation sites excluding steroid dienone is 2. The highest BCUT2D eigenvalue weighted by Gasteiger charge is 2.44. The predicted octanol–water partition coefficient (Wildman–Crippen LogP) is 5.90. The summed E-state index contributed by atoms with van der Waals surface area (Å²) in [7, 11) is 0. The highest BCUT2D eigenvalue weighted by molar-refractivity contribution is 5.78. The SMILES string of the molecule is CC/C=C1\C(CC)(CC)CC=C(c2ccc(CC)cc2)C1(C)N. The first-order valence-electron chi connectivity index (χ1n) is 9.25. The lowest BCUT2D eigenvalue weighted by molar-refractivity contribution is 0.290. The second kappa shape index (κ2) is 7.05. The van der Waals surface area contributed by atoms with E-state index in [-0.39, 0.29) is 11.0 Å². The van der Waals surface area contributed by atoms with Gasteiger partial charge in [0.15, 0.2) is 0 Å². The second-order valence-corrected chi connectivity index (χ2v) is 7.09. The quantitative estimate of drug-likeness (QED) is 0.673. The van der Waals surface area contributed by atoms with Crippen molar-refractivity contribution >= 4 is 5.57 Å². The van der Waals surface area contributed by atoms with Gasteiger partial charge < -0.3 is 5.73 Å². The highest BCUT2D eigenvalue weighted by Crippen LogP contribution is 2.51. The standard InChI is InChI=1S/C22H33N/c1-6-10-20-21(5,23)19(15-16-22(20,8-3)9-4)18-13-11-17(7-2)12-14-18/h10-15H,6-9,16,23H2,1-5H3/b20-10-. The molecule has 1 atom stereocenters. The Kier molecular flexibility index (Phi) is 5.52. The van der Waals surface area contributed by atoms with Gasteiger partial charge in [0.25, 0.3) is 0 Å². The Labute approximate surface area is 142 Å². The normalized spacial score (nSPS) is 25.5. The molecule has 0 aromatic heterocycles. The van der Waals surface area contributed by atoms with E-state index in [1.165, 1.54) is 22.3 Å². The van der Waals surface area contributed by atoms with Crippen molar-refractivity contribution in [2.45, 2.75) is 72.3 Å². The van der Waals surface area contributed by atoms with E-state index in [0.29, 0.717) is 0 Å². The average Bonchev–Trinajstić information content (AvgIpc) is 2.57. The number of aryl methyl sites for hydroxylation is 1. The molecule has 1 heteroatoms. The Balaban J connectivity index is 2.53. The molecule has 1 aromatic rings. The van der Waals surface area contributed by atoms with Crippen LogP contribution in [0.15, 0.2) is 42.0 Å². The molecule has 0 saturated carbocycles. The molecule has 1 unspecified atom stereocenters. The molecule has 0 radical (unpaired) electrons. The second-order valence-electron chi connectivity index (χ2n) is 7.09. The summed E-state index contributed by atoms with van der Waals surface area (Å²) in [6.07, 6.45) is 10.3. The maximum atomic E-state index is 6.95. The summed E-state index contributed by atoms with van der Waals surface area (Å²) in [5.41, 5.74) is 12.2. The Morgan fingerprint density at radius 3 is 2.13 bits per heavy atom. The van der Waals surface area contributed by atoms with Gasteiger partial charge in [0.1, 0.15) is 0 Å². The summed E-state index contributed by atoms with van der Waals surface area (Å²) in [5, 5.41) is 0. The Morgan fingerprint density at radius 1 is 1.04 bits per heavy atom. The molecule has 1 nitrogen and oxygen atoms in total. The number of hydrogen-bond donors (Lipinski definition) is 1. The monoisotopic (exact) mass is 311 g/mol. The summed E-state index contributed by atoms with van der Waals surface area (Å²) < 4.78 is 0. The molecule has 0 aliphatic heterocycles. The molecular formula is C22H33N. The van der Waals surface area contributed by atoms with Crippen LogP contribution in [0.5, 0.6) is 0 Å². The maximum absolute atomic E-state index is 6.95. The van der Waals surface area contributed by atoms with E-state index >= 15 is 0 Å². The minimum Gasteiger partial charge on any atom is -0.318 e. The summed E-state index contributed by atoms with van der Waals surface area (Å²) in [6.45, 7) is 11.2. The van der Waals surface area contributed by atoms with Gasteiger partial charge in [-0.2, -0.15) is 0 Å². The van der Waals surface area contributed by atoms with E-state index in [1.54, 1.807) is 0 Å². The third-order valence-corrected chi connectivity index (χ3v) is 5.82. The fraction of sp³-hybridized carbons (Fsp3) is 0.545. The van der Waals surface area contributed by atoms with E-state index in [9.17, 15) is 0 Å². The van der Waals surface area contributed by atoms with Crippen LogP contribution in [0.25, 0.3) is 5.57 Å². The van der Waals surface area contributed by atoms with Crippen molar-refractivity contribution in [3.8, 4) is 0 Å². The van der Waals surface area contributed by atoms with Gasteiger partial charge in [-0.3, -0.25) is 0 Å². The van der Waals surface area contributed by atoms with Gasteiger partial charge in [0.05, 0.1) is 5.54 Å². The smallest absolute Gasteiger partial charge is 0.0604 e. The molecule has 2 N–H and O–H groups in total. The molecule has 2 rings (SSSR count). The van der Waals surface area contributed by atoms with Gasteiger partial charge in [0, 0.05) is 0 Å². The van der Waals surface area contributed by atoms with Crippen LogP contribution < -0.4 is 5.73 Å². The van der Waals surface area contributed by atoms with Crippen molar-refractivity contribution in [3.05, 3.63) is 53.1 Å². The minimum atomic E-state index is -0.381. The number of hydrogen-bond acceptors (Lipinski definition) is 1. The first kappa shape index (κ1) is 18.0. The van der Waals surface area contributed by atoms with Gasteiger partial charge in [-0.1, -0.05) is 64.1 Å². The fourth-order valence-corrected chi connectivity index (χ4v) is 4.21. The Morgan fingerprint density at radius 2 is 1.65 bits per heavy atom. The Bertz CT molecular complexity index is 583. The zero-order valence-electron chi connectivity index (χ0n) is 15.6. The van der Waals surface area contributed by atoms with Crippen molar-refractivity contribution in [1.29, 1.82) is 0 Å². The maximum Gasteiger partial charge on any atom is 0.0604 e. The van der Waals surface area contributed by atoms with Gasteiger partial charge in [-0.25, -0.2) is 0 Å². The molecule has 23 heavy (non-hydrogen) atoms. The minimum absolute atomic E-state index is 0.229. The molecule has 1 aliphatic rings. The topological polar surface area (TPSA) is 26.0 Å². The molecule has 126 valence electrons. The fourth-order valence-electron chi connectivity index (χ4n) is 4.21. The largest absolute Gasteiger partial charge is 0.318 e. The van der Waals surface area contributed by atoms with Crippen LogP contribution in [-0.2, 0) is 6.42 Å². The zero-order valence-corrected chi connectivity index (χ0v) is 15.6.